The highest BCUT2D eigenvalue weighted by Gasteiger charge is 2.69. The lowest BCUT2D eigenvalue weighted by Gasteiger charge is -2.43. The van der Waals surface area contributed by atoms with Crippen molar-refractivity contribution in [1.29, 1.82) is 0 Å². The van der Waals surface area contributed by atoms with Gasteiger partial charge in [-0.3, -0.25) is 0 Å². The van der Waals surface area contributed by atoms with E-state index in [-0.39, 0.29) is 11.5 Å². The lowest BCUT2D eigenvalue weighted by atomic mass is 9.65. The third kappa shape index (κ3) is 4.87. The summed E-state index contributed by atoms with van der Waals surface area (Å²) in [5, 5.41) is 9.18. The molecule has 1 N–H and O–H groups in total. The summed E-state index contributed by atoms with van der Waals surface area (Å²) in [6, 6.07) is 0. The quantitative estimate of drug-likeness (QED) is 0.412. The van der Waals surface area contributed by atoms with Crippen molar-refractivity contribution in [3.05, 3.63) is 0 Å². The molecule has 29 heavy (non-hydrogen) atoms. The van der Waals surface area contributed by atoms with Gasteiger partial charge in [-0.2, -0.15) is 26.3 Å². The average molecular weight is 434 g/mol. The third-order valence-corrected chi connectivity index (χ3v) is 6.71. The van der Waals surface area contributed by atoms with E-state index >= 15 is 0 Å². The summed E-state index contributed by atoms with van der Waals surface area (Å²) >= 11 is 0. The first kappa shape index (κ1) is 24.7. The average Bonchev–Trinajstić information content (AvgIpc) is 3.09. The molecule has 0 aliphatic heterocycles. The topological polar surface area (TPSA) is 38.7 Å². The smallest absolute Gasteiger partial charge is 0.374 e. The normalized spacial score (nSPS) is 32.1. The Bertz CT molecular complexity index is 540. The van der Waals surface area contributed by atoms with Crippen molar-refractivity contribution < 1.29 is 40.9 Å². The minimum Gasteiger partial charge on any atom is -0.374 e. The highest BCUT2D eigenvalue weighted by molar-refractivity contribution is 5.04. The summed E-state index contributed by atoms with van der Waals surface area (Å²) in [6.07, 6.45) is -11.4. The third-order valence-electron chi connectivity index (χ3n) is 6.71. The van der Waals surface area contributed by atoms with E-state index in [0.29, 0.717) is 23.7 Å². The van der Waals surface area contributed by atoms with Crippen LogP contribution in [0.5, 0.6) is 0 Å². The number of alkyl halides is 6. The molecule has 0 aromatic heterocycles. The van der Waals surface area contributed by atoms with Crippen molar-refractivity contribution in [3.63, 3.8) is 0 Å². The van der Waals surface area contributed by atoms with E-state index in [4.69, 9.17) is 9.47 Å². The summed E-state index contributed by atoms with van der Waals surface area (Å²) in [5.74, 6) is 1.87. The first-order valence-electron chi connectivity index (χ1n) is 10.2. The van der Waals surface area contributed by atoms with Gasteiger partial charge in [0.25, 0.3) is 5.60 Å². The van der Waals surface area contributed by atoms with Gasteiger partial charge < -0.3 is 14.6 Å². The summed E-state index contributed by atoms with van der Waals surface area (Å²) in [7, 11) is 0. The second-order valence-corrected chi connectivity index (χ2v) is 9.58. The van der Waals surface area contributed by atoms with Gasteiger partial charge in [0.15, 0.2) is 6.29 Å². The Labute approximate surface area is 168 Å². The van der Waals surface area contributed by atoms with Gasteiger partial charge >= 0.3 is 12.4 Å². The highest BCUT2D eigenvalue weighted by atomic mass is 19.4. The minimum atomic E-state index is -5.83. The molecule has 2 aliphatic rings. The SMILES string of the molecule is CCC1C2CC(OC(C)OCCC(O)(C(F)(F)F)C(F)(F)F)C(C2)C1C(C)(C)C. The van der Waals surface area contributed by atoms with E-state index in [1.54, 1.807) is 0 Å². The summed E-state index contributed by atoms with van der Waals surface area (Å²) in [4.78, 5) is 0. The molecular formula is C20H32F6O3. The van der Waals surface area contributed by atoms with Crippen LogP contribution >= 0.6 is 0 Å². The molecule has 2 bridgehead atoms. The second-order valence-electron chi connectivity index (χ2n) is 9.58. The van der Waals surface area contributed by atoms with E-state index < -0.39 is 37.3 Å². The Kier molecular flexibility index (Phi) is 6.98. The molecule has 2 saturated carbocycles. The van der Waals surface area contributed by atoms with Crippen LogP contribution in [0, 0.1) is 29.1 Å². The van der Waals surface area contributed by atoms with Gasteiger partial charge in [-0.25, -0.2) is 0 Å². The maximum atomic E-state index is 12.7. The molecule has 0 radical (unpaired) electrons. The number of fused-ring (bicyclic) bond motifs is 2. The number of halogens is 6. The molecule has 6 unspecified atom stereocenters. The Hall–Kier alpha value is -0.540. The maximum absolute atomic E-state index is 12.7. The molecule has 6 atom stereocenters. The van der Waals surface area contributed by atoms with Gasteiger partial charge in [0.05, 0.1) is 12.7 Å². The van der Waals surface area contributed by atoms with Gasteiger partial charge in [0, 0.05) is 6.42 Å². The number of hydrogen-bond donors (Lipinski definition) is 1. The molecule has 0 saturated heterocycles. The second kappa shape index (κ2) is 8.19. The van der Waals surface area contributed by atoms with Crippen molar-refractivity contribution >= 4 is 0 Å². The largest absolute Gasteiger partial charge is 0.426 e. The molecule has 0 spiro atoms. The van der Waals surface area contributed by atoms with Gasteiger partial charge in [0.2, 0.25) is 0 Å². The summed E-state index contributed by atoms with van der Waals surface area (Å²) < 4.78 is 87.3. The molecule has 2 aliphatic carbocycles. The Morgan fingerprint density at radius 1 is 1.00 bits per heavy atom. The number of aliphatic hydroxyl groups is 1. The molecule has 9 heteroatoms. The van der Waals surface area contributed by atoms with E-state index in [1.165, 1.54) is 6.92 Å². The number of rotatable bonds is 7. The zero-order chi connectivity index (χ0) is 22.4. The molecule has 0 amide bonds. The number of ether oxygens (including phenoxy) is 2. The minimum absolute atomic E-state index is 0.0854. The van der Waals surface area contributed by atoms with Crippen LogP contribution in [-0.4, -0.2) is 42.1 Å². The van der Waals surface area contributed by atoms with E-state index in [9.17, 15) is 31.4 Å². The predicted octanol–water partition coefficient (Wildman–Crippen LogP) is 5.71. The zero-order valence-electron chi connectivity index (χ0n) is 17.5. The molecule has 2 rings (SSSR count). The molecule has 0 aromatic carbocycles. The number of hydrogen-bond acceptors (Lipinski definition) is 3. The first-order valence-corrected chi connectivity index (χ1v) is 10.2. The van der Waals surface area contributed by atoms with Crippen LogP contribution in [0.3, 0.4) is 0 Å². The van der Waals surface area contributed by atoms with E-state index in [2.05, 4.69) is 27.7 Å². The standard InChI is InChI=1S/C20H32F6O3/c1-6-13-12-9-14(16(13)17(3,4)5)15(10-12)29-11(2)28-8-7-18(27,19(21,22)23)20(24,25)26/h11-16,27H,6-10H2,1-5H3. The first-order chi connectivity index (χ1) is 13.0. The van der Waals surface area contributed by atoms with Crippen LogP contribution in [-0.2, 0) is 9.47 Å². The fourth-order valence-corrected chi connectivity index (χ4v) is 5.54. The predicted molar refractivity (Wildman–Crippen MR) is 94.9 cm³/mol. The maximum Gasteiger partial charge on any atom is 0.426 e. The Balaban J connectivity index is 1.93. The van der Waals surface area contributed by atoms with Crippen molar-refractivity contribution in [1.82, 2.24) is 0 Å². The van der Waals surface area contributed by atoms with Crippen molar-refractivity contribution in [2.24, 2.45) is 29.1 Å². The lowest BCUT2D eigenvalue weighted by molar-refractivity contribution is -0.373. The molecule has 0 heterocycles. The van der Waals surface area contributed by atoms with Gasteiger partial charge in [-0.05, 0) is 48.9 Å². The molecule has 2 fully saturated rings. The van der Waals surface area contributed by atoms with Crippen LogP contribution in [0.25, 0.3) is 0 Å². The molecular weight excluding hydrogens is 402 g/mol. The summed E-state index contributed by atoms with van der Waals surface area (Å²) in [6.45, 7) is 9.29. The molecule has 3 nitrogen and oxygen atoms in total. The van der Waals surface area contributed by atoms with E-state index in [1.807, 2.05) is 0 Å². The summed E-state index contributed by atoms with van der Waals surface area (Å²) in [5.41, 5.74) is -4.71. The van der Waals surface area contributed by atoms with Gasteiger partial charge in [-0.1, -0.05) is 34.1 Å². The molecule has 0 aromatic rings. The van der Waals surface area contributed by atoms with Crippen LogP contribution < -0.4 is 0 Å². The van der Waals surface area contributed by atoms with Crippen molar-refractivity contribution in [2.75, 3.05) is 6.61 Å². The zero-order valence-corrected chi connectivity index (χ0v) is 17.5. The van der Waals surface area contributed by atoms with Crippen molar-refractivity contribution in [3.8, 4) is 0 Å². The van der Waals surface area contributed by atoms with Crippen molar-refractivity contribution in [2.45, 2.75) is 90.6 Å². The molecule has 172 valence electrons. The monoisotopic (exact) mass is 434 g/mol. The van der Waals surface area contributed by atoms with Crippen LogP contribution in [0.1, 0.15) is 60.3 Å². The Morgan fingerprint density at radius 3 is 2.00 bits per heavy atom. The lowest BCUT2D eigenvalue weighted by Crippen LogP contribution is -2.57. The highest BCUT2D eigenvalue weighted by Crippen LogP contribution is 2.59. The van der Waals surface area contributed by atoms with Gasteiger partial charge in [-0.15, -0.1) is 0 Å². The Morgan fingerprint density at radius 2 is 1.55 bits per heavy atom. The van der Waals surface area contributed by atoms with E-state index in [0.717, 1.165) is 19.3 Å². The van der Waals surface area contributed by atoms with Crippen LogP contribution in [0.2, 0.25) is 0 Å². The van der Waals surface area contributed by atoms with Crippen LogP contribution in [0.4, 0.5) is 26.3 Å². The van der Waals surface area contributed by atoms with Gasteiger partial charge in [0.1, 0.15) is 0 Å². The fourth-order valence-electron chi connectivity index (χ4n) is 5.54. The van der Waals surface area contributed by atoms with Crippen LogP contribution in [0.15, 0.2) is 0 Å². The fraction of sp³-hybridized carbons (Fsp3) is 1.00.